The largest absolute Gasteiger partial charge is 0.451 e. The molecule has 1 atom stereocenters. The number of nitrogens with zero attached hydrogens (tertiary/aromatic N) is 1. The first-order chi connectivity index (χ1) is 7.92. The van der Waals surface area contributed by atoms with Crippen molar-refractivity contribution in [2.45, 2.75) is 18.7 Å². The normalized spacial score (nSPS) is 14.6. The zero-order valence-corrected chi connectivity index (χ0v) is 10.6. The van der Waals surface area contributed by atoms with Gasteiger partial charge >= 0.3 is 12.1 Å². The van der Waals surface area contributed by atoms with Crippen molar-refractivity contribution in [1.82, 2.24) is 4.90 Å². The summed E-state index contributed by atoms with van der Waals surface area (Å²) >= 11 is 0. The highest BCUT2D eigenvalue weighted by atomic mass is 32.2. The summed E-state index contributed by atoms with van der Waals surface area (Å²) in [6, 6.07) is 0. The van der Waals surface area contributed by atoms with Crippen LogP contribution < -0.4 is 0 Å². The van der Waals surface area contributed by atoms with Crippen LogP contribution in [0.25, 0.3) is 0 Å². The second kappa shape index (κ2) is 6.34. The highest BCUT2D eigenvalue weighted by Crippen LogP contribution is 2.24. The molecule has 18 heavy (non-hydrogen) atoms. The van der Waals surface area contributed by atoms with Gasteiger partial charge in [-0.15, -0.1) is 0 Å². The van der Waals surface area contributed by atoms with E-state index in [0.717, 1.165) is 0 Å². The van der Waals surface area contributed by atoms with E-state index < -0.39 is 34.1 Å². The van der Waals surface area contributed by atoms with Crippen molar-refractivity contribution in [2.24, 2.45) is 0 Å². The molecule has 0 aromatic rings. The quantitative estimate of drug-likeness (QED) is 0.560. The molecule has 1 N–H and O–H groups in total. The van der Waals surface area contributed by atoms with Crippen LogP contribution in [0.3, 0.4) is 0 Å². The number of carbonyl (C=O) groups is 1. The Kier molecular flexibility index (Phi) is 6.04. The Morgan fingerprint density at radius 1 is 1.39 bits per heavy atom. The first-order valence-electron chi connectivity index (χ1n) is 4.78. The van der Waals surface area contributed by atoms with Gasteiger partial charge in [-0.25, -0.2) is 0 Å². The van der Waals surface area contributed by atoms with Crippen molar-refractivity contribution >= 4 is 16.1 Å². The zero-order valence-electron chi connectivity index (χ0n) is 9.77. The molecule has 0 aliphatic carbocycles. The summed E-state index contributed by atoms with van der Waals surface area (Å²) in [6.07, 6.45) is -8.23. The topological polar surface area (TPSA) is 83.9 Å². The fourth-order valence-corrected chi connectivity index (χ4v) is 1.56. The Labute approximate surface area is 102 Å². The van der Waals surface area contributed by atoms with Crippen LogP contribution in [0.15, 0.2) is 0 Å². The lowest BCUT2D eigenvalue weighted by Crippen LogP contribution is -2.39. The van der Waals surface area contributed by atoms with Crippen LogP contribution in [0.4, 0.5) is 13.2 Å². The van der Waals surface area contributed by atoms with Gasteiger partial charge in [-0.3, -0.25) is 9.35 Å². The molecule has 0 saturated heterocycles. The van der Waals surface area contributed by atoms with Crippen molar-refractivity contribution in [3.63, 3.8) is 0 Å². The minimum atomic E-state index is -5.05. The van der Waals surface area contributed by atoms with Gasteiger partial charge in [0.25, 0.3) is 10.1 Å². The fraction of sp³-hybridized carbons (Fsp3) is 0.875. The SMILES string of the molecule is CN(C)CCC(=O)OC(CS(=O)(=O)O)C(F)(F)F. The number of ether oxygens (including phenoxy) is 1. The molecule has 0 amide bonds. The zero-order chi connectivity index (χ0) is 14.6. The predicted molar refractivity (Wildman–Crippen MR) is 55.5 cm³/mol. The van der Waals surface area contributed by atoms with Crippen molar-refractivity contribution in [3.8, 4) is 0 Å². The summed E-state index contributed by atoms with van der Waals surface area (Å²) in [4.78, 5) is 12.6. The maximum atomic E-state index is 12.3. The first-order valence-corrected chi connectivity index (χ1v) is 6.39. The van der Waals surface area contributed by atoms with Gasteiger partial charge in [0, 0.05) is 6.54 Å². The highest BCUT2D eigenvalue weighted by Gasteiger charge is 2.45. The third kappa shape index (κ3) is 8.25. The molecule has 0 bridgehead atoms. The summed E-state index contributed by atoms with van der Waals surface area (Å²) in [5, 5.41) is 0. The first kappa shape index (κ1) is 17.1. The Morgan fingerprint density at radius 3 is 2.22 bits per heavy atom. The monoisotopic (exact) mass is 293 g/mol. The average molecular weight is 293 g/mol. The molecule has 0 aromatic heterocycles. The number of carbonyl (C=O) groups excluding carboxylic acids is 1. The Balaban J connectivity index is 4.57. The number of halogens is 3. The molecule has 0 heterocycles. The second-order valence-electron chi connectivity index (χ2n) is 3.82. The standard InChI is InChI=1S/C8H14F3NO5S/c1-12(2)4-3-7(13)17-6(8(9,10)11)5-18(14,15)16/h6H,3-5H2,1-2H3,(H,14,15,16). The average Bonchev–Trinajstić information content (AvgIpc) is 2.10. The van der Waals surface area contributed by atoms with Gasteiger partial charge < -0.3 is 9.64 Å². The molecule has 10 heteroatoms. The number of esters is 1. The van der Waals surface area contributed by atoms with E-state index in [9.17, 15) is 26.4 Å². The van der Waals surface area contributed by atoms with Gasteiger partial charge in [0.2, 0.25) is 6.10 Å². The molecule has 0 spiro atoms. The van der Waals surface area contributed by atoms with Gasteiger partial charge in [0.05, 0.1) is 6.42 Å². The van der Waals surface area contributed by atoms with Gasteiger partial charge in [-0.2, -0.15) is 21.6 Å². The van der Waals surface area contributed by atoms with E-state index in [4.69, 9.17) is 4.55 Å². The molecule has 0 fully saturated rings. The van der Waals surface area contributed by atoms with Gasteiger partial charge in [0.15, 0.2) is 0 Å². The lowest BCUT2D eigenvalue weighted by Gasteiger charge is -2.19. The summed E-state index contributed by atoms with van der Waals surface area (Å²) in [5.41, 5.74) is 0. The number of hydrogen-bond donors (Lipinski definition) is 1. The summed E-state index contributed by atoms with van der Waals surface area (Å²) < 4.78 is 70.2. The number of hydrogen-bond acceptors (Lipinski definition) is 5. The molecular weight excluding hydrogens is 279 g/mol. The van der Waals surface area contributed by atoms with Gasteiger partial charge in [-0.05, 0) is 14.1 Å². The molecule has 0 aliphatic rings. The summed E-state index contributed by atoms with van der Waals surface area (Å²) in [5.74, 6) is -2.89. The van der Waals surface area contributed by atoms with Crippen molar-refractivity contribution in [1.29, 1.82) is 0 Å². The smallest absolute Gasteiger partial charge is 0.426 e. The van der Waals surface area contributed by atoms with Crippen LogP contribution in [0.1, 0.15) is 6.42 Å². The molecular formula is C8H14F3NO5S. The molecule has 108 valence electrons. The maximum Gasteiger partial charge on any atom is 0.426 e. The molecule has 0 saturated carbocycles. The van der Waals surface area contributed by atoms with Crippen molar-refractivity contribution in [3.05, 3.63) is 0 Å². The van der Waals surface area contributed by atoms with E-state index >= 15 is 0 Å². The minimum absolute atomic E-state index is 0.162. The van der Waals surface area contributed by atoms with E-state index in [0.29, 0.717) is 0 Å². The third-order valence-electron chi connectivity index (χ3n) is 1.76. The highest BCUT2D eigenvalue weighted by molar-refractivity contribution is 7.85. The van der Waals surface area contributed by atoms with Crippen LogP contribution >= 0.6 is 0 Å². The summed E-state index contributed by atoms with van der Waals surface area (Å²) in [7, 11) is -1.68. The number of rotatable bonds is 6. The van der Waals surface area contributed by atoms with E-state index in [2.05, 4.69) is 4.74 Å². The number of alkyl halides is 3. The van der Waals surface area contributed by atoms with Gasteiger partial charge in [0.1, 0.15) is 5.75 Å². The Hall–Kier alpha value is -0.870. The van der Waals surface area contributed by atoms with Crippen LogP contribution in [-0.4, -0.2) is 62.5 Å². The maximum absolute atomic E-state index is 12.3. The molecule has 6 nitrogen and oxygen atoms in total. The molecule has 0 aromatic carbocycles. The van der Waals surface area contributed by atoms with E-state index in [1.54, 1.807) is 19.0 Å². The second-order valence-corrected chi connectivity index (χ2v) is 5.32. The Bertz CT molecular complexity index is 379. The van der Waals surface area contributed by atoms with Crippen molar-refractivity contribution in [2.75, 3.05) is 26.4 Å². The minimum Gasteiger partial charge on any atom is -0.451 e. The van der Waals surface area contributed by atoms with Crippen LogP contribution in [0.2, 0.25) is 0 Å². The third-order valence-corrected chi connectivity index (χ3v) is 2.49. The van der Waals surface area contributed by atoms with E-state index in [-0.39, 0.29) is 13.0 Å². The van der Waals surface area contributed by atoms with Gasteiger partial charge in [-0.1, -0.05) is 0 Å². The Morgan fingerprint density at radius 2 is 1.89 bits per heavy atom. The van der Waals surface area contributed by atoms with Crippen LogP contribution in [0.5, 0.6) is 0 Å². The van der Waals surface area contributed by atoms with E-state index in [1.165, 1.54) is 0 Å². The molecule has 0 aliphatic heterocycles. The lowest BCUT2D eigenvalue weighted by molar-refractivity contribution is -0.215. The molecule has 0 rings (SSSR count). The van der Waals surface area contributed by atoms with Crippen LogP contribution in [0, 0.1) is 0 Å². The predicted octanol–water partition coefficient (Wildman–Crippen LogP) is 0.300. The lowest BCUT2D eigenvalue weighted by atomic mass is 10.3. The van der Waals surface area contributed by atoms with E-state index in [1.807, 2.05) is 0 Å². The van der Waals surface area contributed by atoms with Crippen molar-refractivity contribution < 1.29 is 35.7 Å². The summed E-state index contributed by atoms with van der Waals surface area (Å²) in [6.45, 7) is 0.162. The fourth-order valence-electron chi connectivity index (χ4n) is 0.919. The molecule has 1 unspecified atom stereocenters. The van der Waals surface area contributed by atoms with Crippen LogP contribution in [-0.2, 0) is 19.6 Å². The molecule has 0 radical (unpaired) electrons.